The molecular formula is C21H19NO4. The van der Waals surface area contributed by atoms with E-state index in [0.29, 0.717) is 5.69 Å². The number of rotatable bonds is 2. The SMILES string of the molecule is O=C(O)CN1C(=O)C2(COc3cc4c(cc32)CCCC4)c2ccccc21. The van der Waals surface area contributed by atoms with E-state index in [0.717, 1.165) is 36.1 Å². The number of para-hydroxylation sites is 1. The molecule has 2 aromatic rings. The van der Waals surface area contributed by atoms with Crippen LogP contribution in [0.1, 0.15) is 35.1 Å². The number of aliphatic carboxylic acids is 1. The molecule has 0 saturated heterocycles. The van der Waals surface area contributed by atoms with Gasteiger partial charge in [-0.2, -0.15) is 0 Å². The van der Waals surface area contributed by atoms with Crippen LogP contribution in [0.15, 0.2) is 36.4 Å². The smallest absolute Gasteiger partial charge is 0.323 e. The zero-order valence-corrected chi connectivity index (χ0v) is 14.3. The normalized spacial score (nSPS) is 22.8. The summed E-state index contributed by atoms with van der Waals surface area (Å²) in [5.41, 5.74) is 4.10. The second-order valence-electron chi connectivity index (χ2n) is 7.32. The van der Waals surface area contributed by atoms with E-state index in [1.54, 1.807) is 0 Å². The Bertz CT molecular complexity index is 951. The number of nitrogens with zero attached hydrogens (tertiary/aromatic N) is 1. The third kappa shape index (κ3) is 1.91. The van der Waals surface area contributed by atoms with Crippen molar-refractivity contribution in [1.29, 1.82) is 0 Å². The molecule has 5 rings (SSSR count). The van der Waals surface area contributed by atoms with E-state index in [4.69, 9.17) is 4.74 Å². The van der Waals surface area contributed by atoms with Crippen LogP contribution in [-0.4, -0.2) is 30.1 Å². The molecule has 2 aliphatic heterocycles. The molecule has 26 heavy (non-hydrogen) atoms. The number of hydrogen-bond acceptors (Lipinski definition) is 3. The first-order valence-electron chi connectivity index (χ1n) is 9.03. The molecule has 1 aliphatic carbocycles. The number of carboxylic acid groups (broad SMARTS) is 1. The first kappa shape index (κ1) is 15.4. The van der Waals surface area contributed by atoms with Gasteiger partial charge in [-0.1, -0.05) is 24.3 Å². The number of benzene rings is 2. The number of fused-ring (bicyclic) bond motifs is 5. The van der Waals surface area contributed by atoms with Crippen molar-refractivity contribution < 1.29 is 19.4 Å². The van der Waals surface area contributed by atoms with Crippen molar-refractivity contribution in [3.05, 3.63) is 58.7 Å². The Kier molecular flexibility index (Phi) is 3.17. The Morgan fingerprint density at radius 1 is 1.12 bits per heavy atom. The van der Waals surface area contributed by atoms with Crippen LogP contribution in [0.5, 0.6) is 5.75 Å². The third-order valence-electron chi connectivity index (χ3n) is 5.91. The molecule has 0 aromatic heterocycles. The molecule has 132 valence electrons. The fraction of sp³-hybridized carbons (Fsp3) is 0.333. The van der Waals surface area contributed by atoms with Crippen molar-refractivity contribution >= 4 is 17.6 Å². The molecule has 5 nitrogen and oxygen atoms in total. The zero-order valence-electron chi connectivity index (χ0n) is 14.3. The number of anilines is 1. The van der Waals surface area contributed by atoms with Gasteiger partial charge in [-0.3, -0.25) is 14.5 Å². The van der Waals surface area contributed by atoms with Crippen LogP contribution in [0.2, 0.25) is 0 Å². The van der Waals surface area contributed by atoms with Gasteiger partial charge in [-0.25, -0.2) is 0 Å². The predicted octanol–water partition coefficient (Wildman–Crippen LogP) is 2.68. The Hall–Kier alpha value is -2.82. The van der Waals surface area contributed by atoms with Gasteiger partial charge in [0.05, 0.1) is 0 Å². The molecule has 1 unspecified atom stereocenters. The summed E-state index contributed by atoms with van der Waals surface area (Å²) in [6, 6.07) is 11.7. The average molecular weight is 349 g/mol. The number of carboxylic acids is 1. The van der Waals surface area contributed by atoms with Crippen LogP contribution in [-0.2, 0) is 27.8 Å². The molecular weight excluding hydrogens is 330 g/mol. The topological polar surface area (TPSA) is 66.8 Å². The Labute approximate surface area is 151 Å². The lowest BCUT2D eigenvalue weighted by molar-refractivity contribution is -0.137. The Morgan fingerprint density at radius 3 is 2.62 bits per heavy atom. The van der Waals surface area contributed by atoms with Crippen LogP contribution in [0.25, 0.3) is 0 Å². The van der Waals surface area contributed by atoms with Gasteiger partial charge in [-0.15, -0.1) is 0 Å². The minimum atomic E-state index is -1.02. The molecule has 1 N–H and O–H groups in total. The first-order chi connectivity index (χ1) is 12.6. The van der Waals surface area contributed by atoms with E-state index in [9.17, 15) is 14.7 Å². The molecule has 2 aromatic carbocycles. The molecule has 2 heterocycles. The fourth-order valence-corrected chi connectivity index (χ4v) is 4.70. The highest BCUT2D eigenvalue weighted by atomic mass is 16.5. The number of carbonyl (C=O) groups excluding carboxylic acids is 1. The van der Waals surface area contributed by atoms with Gasteiger partial charge in [0, 0.05) is 11.3 Å². The van der Waals surface area contributed by atoms with Crippen LogP contribution >= 0.6 is 0 Å². The molecule has 3 aliphatic rings. The van der Waals surface area contributed by atoms with E-state index in [2.05, 4.69) is 12.1 Å². The van der Waals surface area contributed by atoms with E-state index in [1.807, 2.05) is 24.3 Å². The predicted molar refractivity (Wildman–Crippen MR) is 95.8 cm³/mol. The lowest BCUT2D eigenvalue weighted by Crippen LogP contribution is -2.44. The van der Waals surface area contributed by atoms with Gasteiger partial charge >= 0.3 is 5.97 Å². The monoisotopic (exact) mass is 349 g/mol. The lowest BCUT2D eigenvalue weighted by Gasteiger charge is -2.24. The minimum absolute atomic E-state index is 0.199. The molecule has 0 fully saturated rings. The second kappa shape index (κ2) is 5.34. The molecule has 1 atom stereocenters. The molecule has 0 saturated carbocycles. The summed E-state index contributed by atoms with van der Waals surface area (Å²) < 4.78 is 5.99. The average Bonchev–Trinajstić information content (AvgIpc) is 3.13. The van der Waals surface area contributed by atoms with Gasteiger partial charge in [0.1, 0.15) is 24.3 Å². The highest BCUT2D eigenvalue weighted by molar-refractivity contribution is 6.13. The summed E-state index contributed by atoms with van der Waals surface area (Å²) in [5.74, 6) is -0.448. The maximum absolute atomic E-state index is 13.4. The van der Waals surface area contributed by atoms with Crippen LogP contribution in [0.4, 0.5) is 5.69 Å². The van der Waals surface area contributed by atoms with Crippen molar-refractivity contribution in [2.24, 2.45) is 0 Å². The molecule has 1 amide bonds. The standard InChI is InChI=1S/C21H19NO4/c23-19(24)11-22-17-8-4-3-7-15(17)21(20(22)25)12-26-18-10-14-6-2-1-5-13(14)9-16(18)21/h3-4,7-10H,1-2,5-6,11-12H2,(H,23,24). The molecule has 5 heteroatoms. The van der Waals surface area contributed by atoms with E-state index in [-0.39, 0.29) is 19.1 Å². The van der Waals surface area contributed by atoms with Gasteiger partial charge in [0.2, 0.25) is 5.91 Å². The number of carbonyl (C=O) groups is 2. The highest BCUT2D eigenvalue weighted by Gasteiger charge is 2.57. The third-order valence-corrected chi connectivity index (χ3v) is 5.91. The van der Waals surface area contributed by atoms with Crippen molar-refractivity contribution in [2.75, 3.05) is 18.1 Å². The number of aryl methyl sites for hydroxylation is 2. The van der Waals surface area contributed by atoms with Crippen molar-refractivity contribution in [1.82, 2.24) is 0 Å². The number of amides is 1. The van der Waals surface area contributed by atoms with Crippen molar-refractivity contribution in [3.8, 4) is 5.75 Å². The van der Waals surface area contributed by atoms with Crippen LogP contribution in [0, 0.1) is 0 Å². The summed E-state index contributed by atoms with van der Waals surface area (Å²) in [7, 11) is 0. The maximum Gasteiger partial charge on any atom is 0.323 e. The second-order valence-corrected chi connectivity index (χ2v) is 7.32. The van der Waals surface area contributed by atoms with Crippen molar-refractivity contribution in [3.63, 3.8) is 0 Å². The molecule has 0 bridgehead atoms. The maximum atomic E-state index is 13.4. The minimum Gasteiger partial charge on any atom is -0.491 e. The Morgan fingerprint density at radius 2 is 1.85 bits per heavy atom. The fourth-order valence-electron chi connectivity index (χ4n) is 4.70. The largest absolute Gasteiger partial charge is 0.491 e. The highest BCUT2D eigenvalue weighted by Crippen LogP contribution is 2.53. The number of ether oxygens (including phenoxy) is 1. The summed E-state index contributed by atoms with van der Waals surface area (Å²) >= 11 is 0. The summed E-state index contributed by atoms with van der Waals surface area (Å²) in [6.45, 7) is -0.102. The number of hydrogen-bond donors (Lipinski definition) is 1. The van der Waals surface area contributed by atoms with Crippen LogP contribution < -0.4 is 9.64 Å². The van der Waals surface area contributed by atoms with Crippen LogP contribution in [0.3, 0.4) is 0 Å². The van der Waals surface area contributed by atoms with Gasteiger partial charge < -0.3 is 9.84 Å². The first-order valence-corrected chi connectivity index (χ1v) is 9.03. The summed E-state index contributed by atoms with van der Waals surface area (Å²) in [5, 5.41) is 9.28. The summed E-state index contributed by atoms with van der Waals surface area (Å²) in [4.78, 5) is 26.1. The Balaban J connectivity index is 1.71. The van der Waals surface area contributed by atoms with Gasteiger partial charge in [0.15, 0.2) is 0 Å². The van der Waals surface area contributed by atoms with Gasteiger partial charge in [0.25, 0.3) is 0 Å². The van der Waals surface area contributed by atoms with Gasteiger partial charge in [-0.05, 0) is 54.5 Å². The van der Waals surface area contributed by atoms with Crippen molar-refractivity contribution in [2.45, 2.75) is 31.1 Å². The van der Waals surface area contributed by atoms with E-state index >= 15 is 0 Å². The zero-order chi connectivity index (χ0) is 17.9. The summed E-state index contributed by atoms with van der Waals surface area (Å²) in [6.07, 6.45) is 4.42. The van der Waals surface area contributed by atoms with E-state index in [1.165, 1.54) is 22.4 Å². The molecule has 0 radical (unpaired) electrons. The molecule has 1 spiro atoms. The quantitative estimate of drug-likeness (QED) is 0.905. The van der Waals surface area contributed by atoms with E-state index < -0.39 is 11.4 Å². The lowest BCUT2D eigenvalue weighted by atomic mass is 9.75.